The molecule has 1 aromatic rings. The predicted octanol–water partition coefficient (Wildman–Crippen LogP) is 3.76. The number of hydrogen-bond donors (Lipinski definition) is 2. The van der Waals surface area contributed by atoms with E-state index in [1.807, 2.05) is 19.2 Å². The highest BCUT2D eigenvalue weighted by molar-refractivity contribution is 14.0. The van der Waals surface area contributed by atoms with Gasteiger partial charge in [0.15, 0.2) is 5.96 Å². The van der Waals surface area contributed by atoms with Crippen LogP contribution in [0.15, 0.2) is 29.3 Å². The number of likely N-dealkylation sites (tertiary alicyclic amines) is 1. The number of nitrogens with zero attached hydrogens (tertiary/aromatic N) is 2. The van der Waals surface area contributed by atoms with Crippen molar-refractivity contribution >= 4 is 29.9 Å². The fraction of sp³-hybridized carbons (Fsp3) is 0.650. The highest BCUT2D eigenvalue weighted by Gasteiger charge is 2.23. The molecule has 1 heterocycles. The van der Waals surface area contributed by atoms with Crippen LogP contribution in [0.1, 0.15) is 46.1 Å². The molecule has 0 aliphatic carbocycles. The van der Waals surface area contributed by atoms with Gasteiger partial charge in [0.05, 0.1) is 0 Å². The van der Waals surface area contributed by atoms with Crippen molar-refractivity contribution in [1.29, 1.82) is 0 Å². The number of nitrogens with one attached hydrogen (secondary N) is 2. The molecule has 4 nitrogen and oxygen atoms in total. The first kappa shape index (κ1) is 23.1. The van der Waals surface area contributed by atoms with Gasteiger partial charge in [-0.3, -0.25) is 4.99 Å². The summed E-state index contributed by atoms with van der Waals surface area (Å²) in [4.78, 5) is 6.89. The van der Waals surface area contributed by atoms with E-state index in [0.29, 0.717) is 12.1 Å². The molecule has 1 aliphatic rings. The summed E-state index contributed by atoms with van der Waals surface area (Å²) in [5.41, 5.74) is 1.01. The molecule has 2 rings (SSSR count). The van der Waals surface area contributed by atoms with E-state index in [4.69, 9.17) is 0 Å². The first-order valence-electron chi connectivity index (χ1n) is 9.29. The summed E-state index contributed by atoms with van der Waals surface area (Å²) in [5.74, 6) is 0.649. The van der Waals surface area contributed by atoms with Gasteiger partial charge in [0, 0.05) is 44.2 Å². The summed E-state index contributed by atoms with van der Waals surface area (Å²) in [6.45, 7) is 11.8. The molecule has 0 saturated carbocycles. The maximum atomic E-state index is 13.1. The lowest BCUT2D eigenvalue weighted by atomic mass is 9.84. The molecule has 148 valence electrons. The number of benzene rings is 1. The molecule has 0 atom stereocenters. The molecule has 0 amide bonds. The summed E-state index contributed by atoms with van der Waals surface area (Å²) in [5, 5.41) is 6.99. The van der Waals surface area contributed by atoms with Crippen molar-refractivity contribution < 1.29 is 4.39 Å². The van der Waals surface area contributed by atoms with Crippen LogP contribution in [0.4, 0.5) is 4.39 Å². The van der Waals surface area contributed by atoms with E-state index in [1.54, 1.807) is 0 Å². The molecule has 0 radical (unpaired) electrons. The van der Waals surface area contributed by atoms with Gasteiger partial charge in [-0.1, -0.05) is 26.0 Å². The smallest absolute Gasteiger partial charge is 0.191 e. The average Bonchev–Trinajstić information content (AvgIpc) is 2.59. The van der Waals surface area contributed by atoms with E-state index in [1.165, 1.54) is 12.1 Å². The minimum Gasteiger partial charge on any atom is -0.356 e. The summed E-state index contributed by atoms with van der Waals surface area (Å²) < 4.78 is 13.1. The Hall–Kier alpha value is -0.890. The third-order valence-electron chi connectivity index (χ3n) is 5.15. The van der Waals surface area contributed by atoms with Gasteiger partial charge in [-0.25, -0.2) is 4.39 Å². The molecule has 26 heavy (non-hydrogen) atoms. The summed E-state index contributed by atoms with van der Waals surface area (Å²) in [6.07, 6.45) is 2.28. The van der Waals surface area contributed by atoms with Gasteiger partial charge in [0.25, 0.3) is 0 Å². The van der Waals surface area contributed by atoms with Crippen LogP contribution in [0, 0.1) is 5.82 Å². The second kappa shape index (κ2) is 10.4. The van der Waals surface area contributed by atoms with Crippen LogP contribution in [0.3, 0.4) is 0 Å². The molecule has 0 bridgehead atoms. The molecule has 2 N–H and O–H groups in total. The molecule has 0 aromatic heterocycles. The number of hydrogen-bond acceptors (Lipinski definition) is 2. The number of guanidine groups is 1. The zero-order valence-corrected chi connectivity index (χ0v) is 19.0. The minimum absolute atomic E-state index is 0. The zero-order chi connectivity index (χ0) is 18.4. The number of aliphatic imine (C=N–C) groups is 1. The van der Waals surface area contributed by atoms with Gasteiger partial charge in [0.2, 0.25) is 0 Å². The van der Waals surface area contributed by atoms with Crippen LogP contribution in [0.2, 0.25) is 0 Å². The Morgan fingerprint density at radius 1 is 1.23 bits per heavy atom. The lowest BCUT2D eigenvalue weighted by Gasteiger charge is -2.35. The molecule has 1 saturated heterocycles. The van der Waals surface area contributed by atoms with Gasteiger partial charge >= 0.3 is 0 Å². The molecule has 1 fully saturated rings. The Morgan fingerprint density at radius 2 is 1.81 bits per heavy atom. The molecule has 1 aromatic carbocycles. The Kier molecular flexibility index (Phi) is 9.30. The molecule has 0 spiro atoms. The second-order valence-electron chi connectivity index (χ2n) is 7.86. The highest BCUT2D eigenvalue weighted by Crippen LogP contribution is 2.22. The van der Waals surface area contributed by atoms with Gasteiger partial charge in [-0.05, 0) is 44.4 Å². The Labute approximate surface area is 175 Å². The Balaban J connectivity index is 0.00000338. The van der Waals surface area contributed by atoms with Crippen molar-refractivity contribution in [3.05, 3.63) is 35.6 Å². The van der Waals surface area contributed by atoms with Gasteiger partial charge in [-0.15, -0.1) is 24.0 Å². The fourth-order valence-corrected chi connectivity index (χ4v) is 3.26. The molecular formula is C20H34FIN4. The Morgan fingerprint density at radius 3 is 2.31 bits per heavy atom. The third-order valence-corrected chi connectivity index (χ3v) is 5.15. The van der Waals surface area contributed by atoms with Crippen LogP contribution in [-0.4, -0.2) is 49.6 Å². The van der Waals surface area contributed by atoms with Gasteiger partial charge in [0.1, 0.15) is 5.82 Å². The number of piperidine rings is 1. The zero-order valence-electron chi connectivity index (χ0n) is 16.7. The van der Waals surface area contributed by atoms with Crippen LogP contribution in [0.25, 0.3) is 0 Å². The number of halogens is 2. The van der Waals surface area contributed by atoms with Crippen LogP contribution in [-0.2, 0) is 5.41 Å². The topological polar surface area (TPSA) is 39.7 Å². The van der Waals surface area contributed by atoms with Crippen LogP contribution >= 0.6 is 24.0 Å². The maximum absolute atomic E-state index is 13.1. The van der Waals surface area contributed by atoms with Crippen molar-refractivity contribution in [2.24, 2.45) is 4.99 Å². The van der Waals surface area contributed by atoms with E-state index in [-0.39, 0.29) is 35.2 Å². The van der Waals surface area contributed by atoms with Crippen molar-refractivity contribution in [3.63, 3.8) is 0 Å². The summed E-state index contributed by atoms with van der Waals surface area (Å²) in [7, 11) is 1.81. The van der Waals surface area contributed by atoms with Crippen LogP contribution < -0.4 is 10.6 Å². The lowest BCUT2D eigenvalue weighted by Crippen LogP contribution is -2.51. The summed E-state index contributed by atoms with van der Waals surface area (Å²) in [6, 6.07) is 7.84. The third kappa shape index (κ3) is 6.68. The first-order chi connectivity index (χ1) is 11.8. The predicted molar refractivity (Wildman–Crippen MR) is 119 cm³/mol. The van der Waals surface area contributed by atoms with Gasteiger partial charge in [-0.2, -0.15) is 0 Å². The van der Waals surface area contributed by atoms with E-state index >= 15 is 0 Å². The second-order valence-corrected chi connectivity index (χ2v) is 7.86. The van der Waals surface area contributed by atoms with Crippen molar-refractivity contribution in [3.8, 4) is 0 Å². The summed E-state index contributed by atoms with van der Waals surface area (Å²) >= 11 is 0. The van der Waals surface area contributed by atoms with Gasteiger partial charge < -0.3 is 15.5 Å². The molecule has 1 aliphatic heterocycles. The molecule has 0 unspecified atom stereocenters. The Bertz CT molecular complexity index is 564. The van der Waals surface area contributed by atoms with Crippen molar-refractivity contribution in [2.75, 3.05) is 26.7 Å². The standard InChI is InChI=1S/C20H33FN4.HI/c1-15(2)25-12-10-18(11-13-25)24-19(22-5)23-14-20(3,4)16-6-8-17(21)9-7-16;/h6-9,15,18H,10-14H2,1-5H3,(H2,22,23,24);1H. The fourth-order valence-electron chi connectivity index (χ4n) is 3.26. The van der Waals surface area contributed by atoms with Crippen LogP contribution in [0.5, 0.6) is 0 Å². The largest absolute Gasteiger partial charge is 0.356 e. The SMILES string of the molecule is CN=C(NCC(C)(C)c1ccc(F)cc1)NC1CCN(C(C)C)CC1.I. The molecular weight excluding hydrogens is 442 g/mol. The quantitative estimate of drug-likeness (QED) is 0.386. The maximum Gasteiger partial charge on any atom is 0.191 e. The first-order valence-corrected chi connectivity index (χ1v) is 9.29. The molecule has 6 heteroatoms. The van der Waals surface area contributed by atoms with E-state index in [2.05, 4.69) is 48.2 Å². The highest BCUT2D eigenvalue weighted by atomic mass is 127. The normalized spacial score (nSPS) is 17.1. The van der Waals surface area contributed by atoms with E-state index in [0.717, 1.165) is 44.0 Å². The van der Waals surface area contributed by atoms with Crippen molar-refractivity contribution in [2.45, 2.75) is 58.0 Å². The minimum atomic E-state index is -0.197. The van der Waals surface area contributed by atoms with E-state index in [9.17, 15) is 4.39 Å². The number of rotatable bonds is 5. The monoisotopic (exact) mass is 476 g/mol. The van der Waals surface area contributed by atoms with E-state index < -0.39 is 0 Å². The average molecular weight is 476 g/mol. The van der Waals surface area contributed by atoms with Crippen molar-refractivity contribution in [1.82, 2.24) is 15.5 Å². The lowest BCUT2D eigenvalue weighted by molar-refractivity contribution is 0.167.